The van der Waals surface area contributed by atoms with Crippen LogP contribution in [0.3, 0.4) is 0 Å². The lowest BCUT2D eigenvalue weighted by Crippen LogP contribution is -2.41. The van der Waals surface area contributed by atoms with Crippen molar-refractivity contribution in [3.63, 3.8) is 0 Å². The summed E-state index contributed by atoms with van der Waals surface area (Å²) in [6.07, 6.45) is 6.92. The Labute approximate surface area is 122 Å². The summed E-state index contributed by atoms with van der Waals surface area (Å²) in [4.78, 5) is 12.8. The lowest BCUT2D eigenvalue weighted by Gasteiger charge is -2.30. The first-order valence-electron chi connectivity index (χ1n) is 7.71. The van der Waals surface area contributed by atoms with Crippen molar-refractivity contribution in [3.05, 3.63) is 34.9 Å². The van der Waals surface area contributed by atoms with Crippen molar-refractivity contribution < 1.29 is 9.53 Å². The number of carbonyl (C=O) groups excluding carboxylic acids is 1. The van der Waals surface area contributed by atoms with Gasteiger partial charge in [-0.1, -0.05) is 55.0 Å². The van der Waals surface area contributed by atoms with Crippen molar-refractivity contribution in [2.24, 2.45) is 0 Å². The molecule has 0 heterocycles. The van der Waals surface area contributed by atoms with Crippen LogP contribution in [0.4, 0.5) is 0 Å². The maximum absolute atomic E-state index is 12.8. The number of benzene rings is 1. The molecule has 2 heteroatoms. The van der Waals surface area contributed by atoms with Crippen molar-refractivity contribution in [1.29, 1.82) is 0 Å². The molecule has 2 rings (SSSR count). The van der Waals surface area contributed by atoms with Gasteiger partial charge in [0.25, 0.3) is 0 Å². The van der Waals surface area contributed by atoms with Gasteiger partial charge in [-0.25, -0.2) is 0 Å². The van der Waals surface area contributed by atoms with Gasteiger partial charge >= 0.3 is 0 Å². The van der Waals surface area contributed by atoms with E-state index in [4.69, 9.17) is 4.74 Å². The van der Waals surface area contributed by atoms with Gasteiger partial charge in [0.2, 0.25) is 0 Å². The zero-order valence-corrected chi connectivity index (χ0v) is 13.0. The second kappa shape index (κ2) is 6.53. The standard InChI is InChI=1S/C18H26O2/c1-14-10-15(2)12-16(11-14)13-17(19)18(20-3)8-6-4-5-7-9-18/h10-12H,4-9,13H2,1-3H3. The molecule has 0 aromatic heterocycles. The van der Waals surface area contributed by atoms with E-state index in [1.165, 1.54) is 24.0 Å². The average Bonchev–Trinajstić information content (AvgIpc) is 2.63. The number of rotatable bonds is 4. The molecule has 2 nitrogen and oxygen atoms in total. The van der Waals surface area contributed by atoms with Crippen molar-refractivity contribution in [2.45, 2.75) is 64.4 Å². The molecule has 0 spiro atoms. The minimum atomic E-state index is -0.534. The molecule has 0 aliphatic heterocycles. The lowest BCUT2D eigenvalue weighted by atomic mass is 9.86. The topological polar surface area (TPSA) is 26.3 Å². The van der Waals surface area contributed by atoms with Crippen LogP contribution in [-0.4, -0.2) is 18.5 Å². The van der Waals surface area contributed by atoms with E-state index in [0.29, 0.717) is 6.42 Å². The summed E-state index contributed by atoms with van der Waals surface area (Å²) in [7, 11) is 1.70. The van der Waals surface area contributed by atoms with E-state index >= 15 is 0 Å². The van der Waals surface area contributed by atoms with Crippen molar-refractivity contribution in [2.75, 3.05) is 7.11 Å². The lowest BCUT2D eigenvalue weighted by molar-refractivity contribution is -0.142. The third-order valence-corrected chi connectivity index (χ3v) is 4.46. The van der Waals surface area contributed by atoms with E-state index in [0.717, 1.165) is 31.2 Å². The van der Waals surface area contributed by atoms with Gasteiger partial charge in [0.05, 0.1) is 0 Å². The van der Waals surface area contributed by atoms with Gasteiger partial charge in [-0.2, -0.15) is 0 Å². The number of methoxy groups -OCH3 is 1. The maximum Gasteiger partial charge on any atom is 0.168 e. The molecule has 0 unspecified atom stereocenters. The predicted octanol–water partition coefficient (Wildman–Crippen LogP) is 4.15. The molecule has 0 saturated heterocycles. The average molecular weight is 274 g/mol. The summed E-state index contributed by atoms with van der Waals surface area (Å²) < 4.78 is 5.70. The third kappa shape index (κ3) is 3.49. The van der Waals surface area contributed by atoms with Crippen LogP contribution in [0, 0.1) is 13.8 Å². The second-order valence-corrected chi connectivity index (χ2v) is 6.21. The molecule has 110 valence electrons. The maximum atomic E-state index is 12.8. The van der Waals surface area contributed by atoms with Crippen LogP contribution < -0.4 is 0 Å². The molecule has 0 N–H and O–H groups in total. The largest absolute Gasteiger partial charge is 0.370 e. The Hall–Kier alpha value is -1.15. The Kier molecular flexibility index (Phi) is 4.98. The van der Waals surface area contributed by atoms with Crippen LogP contribution in [0.15, 0.2) is 18.2 Å². The van der Waals surface area contributed by atoms with Crippen LogP contribution in [0.5, 0.6) is 0 Å². The van der Waals surface area contributed by atoms with Gasteiger partial charge in [0.15, 0.2) is 5.78 Å². The van der Waals surface area contributed by atoms with Crippen molar-refractivity contribution in [1.82, 2.24) is 0 Å². The molecular weight excluding hydrogens is 248 g/mol. The van der Waals surface area contributed by atoms with E-state index in [9.17, 15) is 4.79 Å². The molecule has 0 atom stereocenters. The fourth-order valence-electron chi connectivity index (χ4n) is 3.41. The number of ketones is 1. The number of ether oxygens (including phenoxy) is 1. The Morgan fingerprint density at radius 2 is 1.60 bits per heavy atom. The van der Waals surface area contributed by atoms with Crippen LogP contribution in [0.2, 0.25) is 0 Å². The molecule has 0 amide bonds. The first kappa shape index (κ1) is 15.2. The molecule has 1 aromatic carbocycles. The van der Waals surface area contributed by atoms with Crippen LogP contribution >= 0.6 is 0 Å². The Morgan fingerprint density at radius 1 is 1.05 bits per heavy atom. The zero-order chi connectivity index (χ0) is 14.6. The smallest absolute Gasteiger partial charge is 0.168 e. The summed E-state index contributed by atoms with van der Waals surface area (Å²) in [5.74, 6) is 0.256. The third-order valence-electron chi connectivity index (χ3n) is 4.46. The van der Waals surface area contributed by atoms with E-state index < -0.39 is 5.60 Å². The molecule has 0 bridgehead atoms. The highest BCUT2D eigenvalue weighted by Gasteiger charge is 2.37. The summed E-state index contributed by atoms with van der Waals surface area (Å²) in [5.41, 5.74) is 3.03. The first-order valence-corrected chi connectivity index (χ1v) is 7.71. The Bertz CT molecular complexity index is 448. The molecule has 0 radical (unpaired) electrons. The van der Waals surface area contributed by atoms with E-state index in [1.807, 2.05) is 0 Å². The summed E-state index contributed by atoms with van der Waals surface area (Å²) >= 11 is 0. The summed E-state index contributed by atoms with van der Waals surface area (Å²) in [5, 5.41) is 0. The predicted molar refractivity (Wildman–Crippen MR) is 82.1 cm³/mol. The van der Waals surface area contributed by atoms with Gasteiger partial charge < -0.3 is 4.74 Å². The minimum Gasteiger partial charge on any atom is -0.370 e. The molecule has 1 aliphatic rings. The molecule has 20 heavy (non-hydrogen) atoms. The highest BCUT2D eigenvalue weighted by molar-refractivity contribution is 5.89. The summed E-state index contributed by atoms with van der Waals surface area (Å²) in [6.45, 7) is 4.16. The van der Waals surface area contributed by atoms with Crippen LogP contribution in [-0.2, 0) is 16.0 Å². The van der Waals surface area contributed by atoms with Crippen LogP contribution in [0.25, 0.3) is 0 Å². The molecular formula is C18H26O2. The number of hydrogen-bond donors (Lipinski definition) is 0. The normalized spacial score (nSPS) is 18.6. The Morgan fingerprint density at radius 3 is 2.10 bits per heavy atom. The highest BCUT2D eigenvalue weighted by atomic mass is 16.5. The highest BCUT2D eigenvalue weighted by Crippen LogP contribution is 2.32. The SMILES string of the molecule is COC1(C(=O)Cc2cc(C)cc(C)c2)CCCCCC1. The molecule has 1 aromatic rings. The second-order valence-electron chi connectivity index (χ2n) is 6.21. The van der Waals surface area contributed by atoms with Gasteiger partial charge in [-0.05, 0) is 32.3 Å². The van der Waals surface area contributed by atoms with Crippen LogP contribution in [0.1, 0.15) is 55.2 Å². The zero-order valence-electron chi connectivity index (χ0n) is 13.0. The number of hydrogen-bond acceptors (Lipinski definition) is 2. The first-order chi connectivity index (χ1) is 9.55. The van der Waals surface area contributed by atoms with Gasteiger partial charge in [-0.3, -0.25) is 4.79 Å². The molecule has 1 saturated carbocycles. The number of aryl methyl sites for hydroxylation is 2. The monoisotopic (exact) mass is 274 g/mol. The fourth-order valence-corrected chi connectivity index (χ4v) is 3.41. The van der Waals surface area contributed by atoms with Gasteiger partial charge in [-0.15, -0.1) is 0 Å². The quantitative estimate of drug-likeness (QED) is 0.771. The van der Waals surface area contributed by atoms with E-state index in [2.05, 4.69) is 32.0 Å². The van der Waals surface area contributed by atoms with Gasteiger partial charge in [0.1, 0.15) is 5.60 Å². The van der Waals surface area contributed by atoms with Gasteiger partial charge in [0, 0.05) is 13.5 Å². The van der Waals surface area contributed by atoms with Crippen molar-refractivity contribution >= 4 is 5.78 Å². The Balaban J connectivity index is 2.16. The molecule has 1 fully saturated rings. The summed E-state index contributed by atoms with van der Waals surface area (Å²) in [6, 6.07) is 6.38. The van der Waals surface area contributed by atoms with Crippen molar-refractivity contribution in [3.8, 4) is 0 Å². The fraction of sp³-hybridized carbons (Fsp3) is 0.611. The van der Waals surface area contributed by atoms with E-state index in [-0.39, 0.29) is 5.78 Å². The minimum absolute atomic E-state index is 0.256. The number of Topliss-reactive ketones (excluding diaryl/α,β-unsaturated/α-hetero) is 1. The molecule has 1 aliphatic carbocycles. The number of carbonyl (C=O) groups is 1. The van der Waals surface area contributed by atoms with E-state index in [1.54, 1.807) is 7.11 Å².